The van der Waals surface area contributed by atoms with E-state index in [0.29, 0.717) is 0 Å². The Bertz CT molecular complexity index is 382. The van der Waals surface area contributed by atoms with Crippen LogP contribution >= 0.6 is 0 Å². The minimum Gasteiger partial charge on any atom is -0.376 e. The van der Waals surface area contributed by atoms with Crippen LogP contribution < -0.4 is 5.73 Å². The zero-order valence-corrected chi connectivity index (χ0v) is 11.6. The highest BCUT2D eigenvalue weighted by atomic mass is 16.5. The molecule has 1 atom stereocenters. The van der Waals surface area contributed by atoms with Gasteiger partial charge in [0.25, 0.3) is 0 Å². The number of nitrogens with two attached hydrogens (primary N) is 1. The largest absolute Gasteiger partial charge is 0.376 e. The standard InChI is InChI=1S/C16H25NO/c1-3-7-13-8-6-9-14(12-13)15(17)16(18-2)10-4-5-11-16/h6,8-9,12,15H,3-5,7,10-11,17H2,1-2H3. The van der Waals surface area contributed by atoms with Crippen LogP contribution in [0.15, 0.2) is 24.3 Å². The first-order chi connectivity index (χ1) is 8.72. The summed E-state index contributed by atoms with van der Waals surface area (Å²) in [4.78, 5) is 0. The van der Waals surface area contributed by atoms with E-state index in [4.69, 9.17) is 10.5 Å². The molecule has 0 aromatic heterocycles. The smallest absolute Gasteiger partial charge is 0.0870 e. The Kier molecular flexibility index (Phi) is 4.41. The molecule has 1 unspecified atom stereocenters. The van der Waals surface area contributed by atoms with Gasteiger partial charge in [-0.15, -0.1) is 0 Å². The number of benzene rings is 1. The second-order valence-electron chi connectivity index (χ2n) is 5.45. The molecule has 18 heavy (non-hydrogen) atoms. The first-order valence-corrected chi connectivity index (χ1v) is 7.11. The van der Waals surface area contributed by atoms with Gasteiger partial charge in [-0.05, 0) is 30.4 Å². The van der Waals surface area contributed by atoms with E-state index in [2.05, 4.69) is 31.2 Å². The molecular formula is C16H25NO. The van der Waals surface area contributed by atoms with Crippen LogP contribution in [-0.4, -0.2) is 12.7 Å². The number of hydrogen-bond donors (Lipinski definition) is 1. The van der Waals surface area contributed by atoms with E-state index < -0.39 is 0 Å². The van der Waals surface area contributed by atoms with Gasteiger partial charge in [-0.25, -0.2) is 0 Å². The van der Waals surface area contributed by atoms with Crippen LogP contribution in [0, 0.1) is 0 Å². The van der Waals surface area contributed by atoms with Crippen LogP contribution in [0.5, 0.6) is 0 Å². The number of aryl methyl sites for hydroxylation is 1. The fourth-order valence-corrected chi connectivity index (χ4v) is 3.15. The molecule has 2 N–H and O–H groups in total. The normalized spacial score (nSPS) is 19.9. The number of rotatable bonds is 5. The van der Waals surface area contributed by atoms with Gasteiger partial charge in [-0.3, -0.25) is 0 Å². The maximum Gasteiger partial charge on any atom is 0.0870 e. The van der Waals surface area contributed by atoms with Crippen molar-refractivity contribution in [1.82, 2.24) is 0 Å². The van der Waals surface area contributed by atoms with E-state index in [9.17, 15) is 0 Å². The quantitative estimate of drug-likeness (QED) is 0.863. The predicted octanol–water partition coefficient (Wildman–Crippen LogP) is 3.60. The highest BCUT2D eigenvalue weighted by molar-refractivity contribution is 5.28. The summed E-state index contributed by atoms with van der Waals surface area (Å²) >= 11 is 0. The summed E-state index contributed by atoms with van der Waals surface area (Å²) in [5.41, 5.74) is 8.96. The predicted molar refractivity (Wildman–Crippen MR) is 75.6 cm³/mol. The van der Waals surface area contributed by atoms with Crippen LogP contribution in [0.25, 0.3) is 0 Å². The lowest BCUT2D eigenvalue weighted by atomic mass is 9.86. The second-order valence-corrected chi connectivity index (χ2v) is 5.45. The monoisotopic (exact) mass is 247 g/mol. The number of methoxy groups -OCH3 is 1. The third kappa shape index (κ3) is 2.60. The molecule has 1 aliphatic rings. The molecule has 0 bridgehead atoms. The molecule has 1 saturated carbocycles. The van der Waals surface area contributed by atoms with Gasteiger partial charge in [0.05, 0.1) is 11.6 Å². The van der Waals surface area contributed by atoms with E-state index in [1.807, 2.05) is 0 Å². The number of ether oxygens (including phenoxy) is 1. The number of hydrogen-bond acceptors (Lipinski definition) is 2. The molecule has 100 valence electrons. The lowest BCUT2D eigenvalue weighted by Gasteiger charge is -2.34. The molecule has 2 rings (SSSR count). The van der Waals surface area contributed by atoms with Gasteiger partial charge in [0.1, 0.15) is 0 Å². The van der Waals surface area contributed by atoms with Crippen molar-refractivity contribution in [3.63, 3.8) is 0 Å². The summed E-state index contributed by atoms with van der Waals surface area (Å²) in [6.07, 6.45) is 6.94. The third-order valence-electron chi connectivity index (χ3n) is 4.27. The van der Waals surface area contributed by atoms with Crippen molar-refractivity contribution in [2.45, 2.75) is 57.1 Å². The third-order valence-corrected chi connectivity index (χ3v) is 4.27. The van der Waals surface area contributed by atoms with Crippen LogP contribution in [0.1, 0.15) is 56.2 Å². The lowest BCUT2D eigenvalue weighted by Crippen LogP contribution is -2.40. The molecule has 1 aliphatic carbocycles. The lowest BCUT2D eigenvalue weighted by molar-refractivity contribution is -0.0264. The van der Waals surface area contributed by atoms with E-state index in [1.165, 1.54) is 30.4 Å². The molecule has 0 saturated heterocycles. The van der Waals surface area contributed by atoms with Gasteiger partial charge in [0, 0.05) is 7.11 Å². The zero-order valence-electron chi connectivity index (χ0n) is 11.6. The minimum atomic E-state index is -0.134. The maximum absolute atomic E-state index is 6.49. The van der Waals surface area contributed by atoms with Crippen LogP contribution in [0.4, 0.5) is 0 Å². The van der Waals surface area contributed by atoms with Crippen molar-refractivity contribution in [3.05, 3.63) is 35.4 Å². The van der Waals surface area contributed by atoms with Crippen molar-refractivity contribution in [2.24, 2.45) is 5.73 Å². The van der Waals surface area contributed by atoms with Gasteiger partial charge in [-0.1, -0.05) is 50.5 Å². The van der Waals surface area contributed by atoms with E-state index in [-0.39, 0.29) is 11.6 Å². The first-order valence-electron chi connectivity index (χ1n) is 7.11. The van der Waals surface area contributed by atoms with Gasteiger partial charge in [0.2, 0.25) is 0 Å². The average molecular weight is 247 g/mol. The zero-order chi connectivity index (χ0) is 13.0. The topological polar surface area (TPSA) is 35.2 Å². The van der Waals surface area contributed by atoms with Crippen molar-refractivity contribution in [1.29, 1.82) is 0 Å². The summed E-state index contributed by atoms with van der Waals surface area (Å²) in [6.45, 7) is 2.21. The van der Waals surface area contributed by atoms with Crippen molar-refractivity contribution in [3.8, 4) is 0 Å². The summed E-state index contributed by atoms with van der Waals surface area (Å²) in [7, 11) is 1.81. The molecule has 0 aliphatic heterocycles. The van der Waals surface area contributed by atoms with Crippen molar-refractivity contribution >= 4 is 0 Å². The SMILES string of the molecule is CCCc1cccc(C(N)C2(OC)CCCC2)c1. The van der Waals surface area contributed by atoms with E-state index in [0.717, 1.165) is 19.3 Å². The summed E-state index contributed by atoms with van der Waals surface area (Å²) in [6, 6.07) is 8.71. The van der Waals surface area contributed by atoms with Gasteiger partial charge >= 0.3 is 0 Å². The Balaban J connectivity index is 2.21. The molecule has 1 fully saturated rings. The average Bonchev–Trinajstić information content (AvgIpc) is 2.88. The molecule has 2 heteroatoms. The Morgan fingerprint density at radius 1 is 1.33 bits per heavy atom. The Labute approximate surface area is 111 Å². The van der Waals surface area contributed by atoms with Crippen LogP contribution in [0.2, 0.25) is 0 Å². The summed E-state index contributed by atoms with van der Waals surface area (Å²) in [5.74, 6) is 0. The Hall–Kier alpha value is -0.860. The Morgan fingerprint density at radius 2 is 2.06 bits per heavy atom. The van der Waals surface area contributed by atoms with Gasteiger partial charge in [-0.2, -0.15) is 0 Å². The molecule has 0 heterocycles. The fourth-order valence-electron chi connectivity index (χ4n) is 3.15. The molecule has 1 aromatic carbocycles. The van der Waals surface area contributed by atoms with Crippen molar-refractivity contribution in [2.75, 3.05) is 7.11 Å². The van der Waals surface area contributed by atoms with Gasteiger partial charge in [0.15, 0.2) is 0 Å². The molecule has 0 radical (unpaired) electrons. The second kappa shape index (κ2) is 5.85. The summed E-state index contributed by atoms with van der Waals surface area (Å²) < 4.78 is 5.79. The highest BCUT2D eigenvalue weighted by Crippen LogP contribution is 2.41. The minimum absolute atomic E-state index is 0.00167. The first kappa shape index (κ1) is 13.6. The molecule has 0 spiro atoms. The van der Waals surface area contributed by atoms with Crippen LogP contribution in [0.3, 0.4) is 0 Å². The Morgan fingerprint density at radius 3 is 2.67 bits per heavy atom. The van der Waals surface area contributed by atoms with Gasteiger partial charge < -0.3 is 10.5 Å². The molecular weight excluding hydrogens is 222 g/mol. The maximum atomic E-state index is 6.49. The summed E-state index contributed by atoms with van der Waals surface area (Å²) in [5, 5.41) is 0. The highest BCUT2D eigenvalue weighted by Gasteiger charge is 2.40. The van der Waals surface area contributed by atoms with E-state index >= 15 is 0 Å². The molecule has 2 nitrogen and oxygen atoms in total. The molecule has 1 aromatic rings. The van der Waals surface area contributed by atoms with Crippen molar-refractivity contribution < 1.29 is 4.74 Å². The van der Waals surface area contributed by atoms with E-state index in [1.54, 1.807) is 7.11 Å². The fraction of sp³-hybridized carbons (Fsp3) is 0.625. The van der Waals surface area contributed by atoms with Crippen LogP contribution in [-0.2, 0) is 11.2 Å². The molecule has 0 amide bonds.